The lowest BCUT2D eigenvalue weighted by molar-refractivity contribution is -0.137. The van der Waals surface area contributed by atoms with Gasteiger partial charge in [-0.05, 0) is 42.8 Å². The molecule has 2 aromatic carbocycles. The van der Waals surface area contributed by atoms with Crippen LogP contribution >= 0.6 is 11.5 Å². The van der Waals surface area contributed by atoms with E-state index in [1.165, 1.54) is 23.7 Å². The van der Waals surface area contributed by atoms with Crippen molar-refractivity contribution in [2.45, 2.75) is 6.18 Å². The number of aliphatic hydroxyl groups is 1. The van der Waals surface area contributed by atoms with Crippen LogP contribution in [0.25, 0.3) is 21.3 Å². The van der Waals surface area contributed by atoms with Crippen LogP contribution in [0, 0.1) is 11.8 Å². The molecule has 0 radical (unpaired) electrons. The van der Waals surface area contributed by atoms with E-state index in [0.29, 0.717) is 24.3 Å². The van der Waals surface area contributed by atoms with Gasteiger partial charge >= 0.3 is 6.18 Å². The molecule has 0 amide bonds. The number of rotatable bonds is 4. The van der Waals surface area contributed by atoms with Crippen molar-refractivity contribution in [3.8, 4) is 23.1 Å². The van der Waals surface area contributed by atoms with Gasteiger partial charge in [0.2, 0.25) is 0 Å². The molecule has 0 spiro atoms. The molecule has 0 aliphatic carbocycles. The molecule has 27 heavy (non-hydrogen) atoms. The summed E-state index contributed by atoms with van der Waals surface area (Å²) in [5, 5.41) is 9.76. The number of benzene rings is 2. The maximum Gasteiger partial charge on any atom is 0.416 e. The van der Waals surface area contributed by atoms with Gasteiger partial charge in [-0.15, -0.1) is 0 Å². The van der Waals surface area contributed by atoms with Gasteiger partial charge in [0.15, 0.2) is 0 Å². The SMILES string of the molecule is CN(CC#Cc1ccc2c(-c3ccc(C(F)(F)F)cc3)nsc2c1)CCO. The Kier molecular flexibility index (Phi) is 5.80. The number of hydrogen-bond donors (Lipinski definition) is 1. The average Bonchev–Trinajstić information content (AvgIpc) is 3.04. The van der Waals surface area contributed by atoms with Gasteiger partial charge in [0.25, 0.3) is 0 Å². The molecule has 7 heteroatoms. The van der Waals surface area contributed by atoms with E-state index in [-0.39, 0.29) is 6.61 Å². The predicted octanol–water partition coefficient (Wildman–Crippen LogP) is 4.26. The van der Waals surface area contributed by atoms with Crippen molar-refractivity contribution in [2.24, 2.45) is 0 Å². The number of likely N-dealkylation sites (N-methyl/N-ethyl adjacent to an activating group) is 1. The summed E-state index contributed by atoms with van der Waals surface area (Å²) in [6, 6.07) is 10.7. The predicted molar refractivity (Wildman–Crippen MR) is 102 cm³/mol. The Morgan fingerprint density at radius 2 is 1.89 bits per heavy atom. The Morgan fingerprint density at radius 1 is 1.15 bits per heavy atom. The maximum absolute atomic E-state index is 12.7. The van der Waals surface area contributed by atoms with Crippen molar-refractivity contribution in [2.75, 3.05) is 26.7 Å². The van der Waals surface area contributed by atoms with E-state index >= 15 is 0 Å². The Bertz CT molecular complexity index is 984. The van der Waals surface area contributed by atoms with Crippen LogP contribution in [0.2, 0.25) is 0 Å². The molecule has 0 saturated heterocycles. The number of nitrogens with zero attached hydrogens (tertiary/aromatic N) is 2. The summed E-state index contributed by atoms with van der Waals surface area (Å²) < 4.78 is 43.5. The van der Waals surface area contributed by atoms with Gasteiger partial charge < -0.3 is 5.11 Å². The number of aromatic nitrogens is 1. The molecule has 0 unspecified atom stereocenters. The molecule has 1 aromatic heterocycles. The zero-order valence-electron chi connectivity index (χ0n) is 14.5. The van der Waals surface area contributed by atoms with Crippen molar-refractivity contribution in [1.29, 1.82) is 0 Å². The zero-order chi connectivity index (χ0) is 19.4. The molecule has 1 N–H and O–H groups in total. The number of hydrogen-bond acceptors (Lipinski definition) is 4. The number of fused-ring (bicyclic) bond motifs is 1. The molecule has 0 atom stereocenters. The third-order valence-electron chi connectivity index (χ3n) is 4.02. The van der Waals surface area contributed by atoms with E-state index in [0.717, 1.165) is 27.8 Å². The van der Waals surface area contributed by atoms with Crippen LogP contribution in [0.1, 0.15) is 11.1 Å². The third-order valence-corrected chi connectivity index (χ3v) is 4.83. The van der Waals surface area contributed by atoms with Gasteiger partial charge in [-0.3, -0.25) is 4.90 Å². The van der Waals surface area contributed by atoms with Gasteiger partial charge in [-0.2, -0.15) is 17.5 Å². The highest BCUT2D eigenvalue weighted by molar-refractivity contribution is 7.13. The third kappa shape index (κ3) is 4.66. The quantitative estimate of drug-likeness (QED) is 0.677. The minimum atomic E-state index is -4.35. The second-order valence-corrected chi connectivity index (χ2v) is 6.89. The summed E-state index contributed by atoms with van der Waals surface area (Å²) in [6.07, 6.45) is -4.35. The molecular weight excluding hydrogens is 373 g/mol. The molecule has 3 aromatic rings. The summed E-state index contributed by atoms with van der Waals surface area (Å²) in [6.45, 7) is 1.22. The monoisotopic (exact) mass is 390 g/mol. The summed E-state index contributed by atoms with van der Waals surface area (Å²) in [5.41, 5.74) is 1.50. The second kappa shape index (κ2) is 8.09. The maximum atomic E-state index is 12.7. The van der Waals surface area contributed by atoms with E-state index in [4.69, 9.17) is 5.11 Å². The molecule has 0 saturated carbocycles. The minimum absolute atomic E-state index is 0.0950. The van der Waals surface area contributed by atoms with Gasteiger partial charge in [0, 0.05) is 23.1 Å². The fraction of sp³-hybridized carbons (Fsp3) is 0.250. The van der Waals surface area contributed by atoms with Crippen LogP contribution in [-0.2, 0) is 6.18 Å². The van der Waals surface area contributed by atoms with E-state index < -0.39 is 11.7 Å². The molecule has 0 fully saturated rings. The van der Waals surface area contributed by atoms with Crippen LogP contribution in [0.3, 0.4) is 0 Å². The normalized spacial score (nSPS) is 11.6. The lowest BCUT2D eigenvalue weighted by Crippen LogP contribution is -2.22. The molecule has 0 aliphatic rings. The first kappa shape index (κ1) is 19.4. The molecule has 0 bridgehead atoms. The van der Waals surface area contributed by atoms with Crippen LogP contribution in [-0.4, -0.2) is 41.1 Å². The first-order valence-corrected chi connectivity index (χ1v) is 9.01. The van der Waals surface area contributed by atoms with Crippen molar-refractivity contribution in [3.05, 3.63) is 53.6 Å². The molecular formula is C20H17F3N2OS. The first-order chi connectivity index (χ1) is 12.9. The van der Waals surface area contributed by atoms with Crippen LogP contribution in [0.5, 0.6) is 0 Å². The van der Waals surface area contributed by atoms with E-state index in [1.807, 2.05) is 30.1 Å². The number of alkyl halides is 3. The summed E-state index contributed by atoms with van der Waals surface area (Å²) in [7, 11) is 1.88. The van der Waals surface area contributed by atoms with Gasteiger partial charge in [-0.25, -0.2) is 0 Å². The summed E-state index contributed by atoms with van der Waals surface area (Å²) in [4.78, 5) is 1.92. The van der Waals surface area contributed by atoms with Crippen molar-refractivity contribution >= 4 is 21.6 Å². The van der Waals surface area contributed by atoms with E-state index in [1.54, 1.807) is 0 Å². The smallest absolute Gasteiger partial charge is 0.395 e. The van der Waals surface area contributed by atoms with Gasteiger partial charge in [0.05, 0.1) is 29.1 Å². The lowest BCUT2D eigenvalue weighted by Gasteiger charge is -2.09. The molecule has 1 heterocycles. The van der Waals surface area contributed by atoms with E-state index in [2.05, 4.69) is 16.2 Å². The Balaban J connectivity index is 1.83. The van der Waals surface area contributed by atoms with Crippen molar-refractivity contribution in [3.63, 3.8) is 0 Å². The highest BCUT2D eigenvalue weighted by Gasteiger charge is 2.30. The summed E-state index contributed by atoms with van der Waals surface area (Å²) in [5.74, 6) is 6.13. The van der Waals surface area contributed by atoms with Gasteiger partial charge in [-0.1, -0.05) is 30.0 Å². The first-order valence-electron chi connectivity index (χ1n) is 8.24. The average molecular weight is 390 g/mol. The highest BCUT2D eigenvalue weighted by Crippen LogP contribution is 2.34. The number of aliphatic hydroxyl groups excluding tert-OH is 1. The summed E-state index contributed by atoms with van der Waals surface area (Å²) >= 11 is 1.30. The minimum Gasteiger partial charge on any atom is -0.395 e. The molecule has 0 aliphatic heterocycles. The van der Waals surface area contributed by atoms with Crippen LogP contribution in [0.15, 0.2) is 42.5 Å². The lowest BCUT2D eigenvalue weighted by atomic mass is 10.0. The second-order valence-electron chi connectivity index (χ2n) is 6.08. The molecule has 3 nitrogen and oxygen atoms in total. The van der Waals surface area contributed by atoms with Crippen molar-refractivity contribution in [1.82, 2.24) is 9.27 Å². The number of halogens is 3. The standard InChI is InChI=1S/C20H17F3N2OS/c1-25(11-12-26)10-2-3-14-4-9-17-18(13-14)27-24-19(17)15-5-7-16(8-6-15)20(21,22)23/h4-9,13,26H,10-12H2,1H3. The topological polar surface area (TPSA) is 36.4 Å². The Morgan fingerprint density at radius 3 is 2.56 bits per heavy atom. The van der Waals surface area contributed by atoms with Gasteiger partial charge in [0.1, 0.15) is 0 Å². The van der Waals surface area contributed by atoms with E-state index in [9.17, 15) is 13.2 Å². The van der Waals surface area contributed by atoms with Crippen LogP contribution < -0.4 is 0 Å². The van der Waals surface area contributed by atoms with Crippen molar-refractivity contribution < 1.29 is 18.3 Å². The van der Waals surface area contributed by atoms with Crippen LogP contribution in [0.4, 0.5) is 13.2 Å². The zero-order valence-corrected chi connectivity index (χ0v) is 15.4. The fourth-order valence-electron chi connectivity index (χ4n) is 2.57. The Hall–Kier alpha value is -2.40. The molecule has 140 valence electrons. The highest BCUT2D eigenvalue weighted by atomic mass is 32.1. The largest absolute Gasteiger partial charge is 0.416 e. The fourth-order valence-corrected chi connectivity index (χ4v) is 3.40. The molecule has 3 rings (SSSR count). The Labute approximate surface area is 159 Å².